The Morgan fingerprint density at radius 1 is 1.44 bits per heavy atom. The Labute approximate surface area is 102 Å². The van der Waals surface area contributed by atoms with E-state index in [2.05, 4.69) is 36.1 Å². The van der Waals surface area contributed by atoms with Gasteiger partial charge < -0.3 is 11.1 Å². The van der Waals surface area contributed by atoms with Gasteiger partial charge in [-0.2, -0.15) is 0 Å². The number of nitrogens with zero attached hydrogens (tertiary/aromatic N) is 2. The fraction of sp³-hybridized carbons (Fsp3) is 0.545. The van der Waals surface area contributed by atoms with Crippen LogP contribution in [0.4, 0.5) is 5.82 Å². The van der Waals surface area contributed by atoms with Gasteiger partial charge in [0.15, 0.2) is 5.82 Å². The van der Waals surface area contributed by atoms with Crippen molar-refractivity contribution in [1.29, 1.82) is 0 Å². The number of rotatable bonds is 5. The largest absolute Gasteiger partial charge is 0.388 e. The van der Waals surface area contributed by atoms with Crippen LogP contribution in [0, 0.1) is 5.92 Å². The fourth-order valence-corrected chi connectivity index (χ4v) is 1.69. The molecule has 0 radical (unpaired) electrons. The van der Waals surface area contributed by atoms with E-state index < -0.39 is 0 Å². The number of nitrogens with one attached hydrogen (secondary N) is 1. The lowest BCUT2D eigenvalue weighted by atomic mass is 10.0. The summed E-state index contributed by atoms with van der Waals surface area (Å²) in [5.41, 5.74) is 6.16. The molecule has 0 spiro atoms. The maximum absolute atomic E-state index is 5.60. The molecule has 1 rings (SSSR count). The molecular weight excluding hydrogens is 220 g/mol. The average molecular weight is 238 g/mol. The summed E-state index contributed by atoms with van der Waals surface area (Å²) in [7, 11) is 0. The summed E-state index contributed by atoms with van der Waals surface area (Å²) in [6, 6.07) is 0.352. The molecule has 1 heterocycles. The standard InChI is InChI=1S/C11H18N4S/c1-4-8(7(2)3)15-11-9(10(12)16)13-5-6-14-11/h5-8H,4H2,1-3H3,(H2,12,16)(H,14,15). The third kappa shape index (κ3) is 3.13. The molecular formula is C11H18N4S. The molecule has 0 fully saturated rings. The summed E-state index contributed by atoms with van der Waals surface area (Å²) >= 11 is 4.94. The number of nitrogens with two attached hydrogens (primary N) is 1. The van der Waals surface area contributed by atoms with Gasteiger partial charge in [0, 0.05) is 18.4 Å². The van der Waals surface area contributed by atoms with E-state index in [9.17, 15) is 0 Å². The van der Waals surface area contributed by atoms with Gasteiger partial charge in [0.1, 0.15) is 10.7 Å². The predicted molar refractivity (Wildman–Crippen MR) is 70.5 cm³/mol. The molecule has 0 aliphatic carbocycles. The minimum atomic E-state index is 0.272. The Balaban J connectivity index is 2.91. The maximum atomic E-state index is 5.60. The highest BCUT2D eigenvalue weighted by Crippen LogP contribution is 2.15. The van der Waals surface area contributed by atoms with Gasteiger partial charge in [-0.3, -0.25) is 0 Å². The first-order chi connectivity index (χ1) is 7.56. The number of aromatic nitrogens is 2. The van der Waals surface area contributed by atoms with Crippen molar-refractivity contribution < 1.29 is 0 Å². The SMILES string of the molecule is CCC(Nc1nccnc1C(N)=S)C(C)C. The number of anilines is 1. The van der Waals surface area contributed by atoms with Crippen LogP contribution in [0.15, 0.2) is 12.4 Å². The first-order valence-electron chi connectivity index (χ1n) is 5.43. The van der Waals surface area contributed by atoms with Crippen molar-refractivity contribution in [2.75, 3.05) is 5.32 Å². The van der Waals surface area contributed by atoms with E-state index in [1.807, 2.05) is 0 Å². The number of hydrogen-bond acceptors (Lipinski definition) is 4. The third-order valence-electron chi connectivity index (χ3n) is 2.50. The molecule has 0 saturated carbocycles. The Morgan fingerprint density at radius 2 is 2.06 bits per heavy atom. The fourth-order valence-electron chi connectivity index (χ4n) is 1.54. The molecule has 16 heavy (non-hydrogen) atoms. The molecule has 1 aromatic heterocycles. The minimum Gasteiger partial charge on any atom is -0.388 e. The topological polar surface area (TPSA) is 63.8 Å². The quantitative estimate of drug-likeness (QED) is 0.768. The first kappa shape index (κ1) is 12.8. The molecule has 0 aliphatic rings. The van der Waals surface area contributed by atoms with E-state index in [0.717, 1.165) is 6.42 Å². The van der Waals surface area contributed by atoms with E-state index in [4.69, 9.17) is 18.0 Å². The third-order valence-corrected chi connectivity index (χ3v) is 2.69. The first-order valence-corrected chi connectivity index (χ1v) is 5.84. The molecule has 0 aromatic carbocycles. The van der Waals surface area contributed by atoms with Crippen molar-refractivity contribution in [2.45, 2.75) is 33.2 Å². The second kappa shape index (κ2) is 5.75. The van der Waals surface area contributed by atoms with Crippen molar-refractivity contribution in [3.63, 3.8) is 0 Å². The molecule has 0 bridgehead atoms. The molecule has 0 saturated heterocycles. The highest BCUT2D eigenvalue weighted by Gasteiger charge is 2.14. The maximum Gasteiger partial charge on any atom is 0.155 e. The summed E-state index contributed by atoms with van der Waals surface area (Å²) < 4.78 is 0. The summed E-state index contributed by atoms with van der Waals surface area (Å²) in [5.74, 6) is 1.20. The van der Waals surface area contributed by atoms with Crippen LogP contribution < -0.4 is 11.1 Å². The predicted octanol–water partition coefficient (Wildman–Crippen LogP) is 1.96. The summed E-state index contributed by atoms with van der Waals surface area (Å²) in [5, 5.41) is 3.34. The van der Waals surface area contributed by atoms with Gasteiger partial charge in [-0.15, -0.1) is 0 Å². The lowest BCUT2D eigenvalue weighted by Gasteiger charge is -2.22. The Hall–Kier alpha value is -1.23. The van der Waals surface area contributed by atoms with Crippen LogP contribution in [-0.2, 0) is 0 Å². The molecule has 3 N–H and O–H groups in total. The highest BCUT2D eigenvalue weighted by molar-refractivity contribution is 7.80. The molecule has 1 aromatic rings. The molecule has 0 amide bonds. The number of hydrogen-bond donors (Lipinski definition) is 2. The van der Waals surface area contributed by atoms with Crippen LogP contribution >= 0.6 is 12.2 Å². The molecule has 0 aliphatic heterocycles. The van der Waals surface area contributed by atoms with Gasteiger partial charge in [0.05, 0.1) is 0 Å². The smallest absolute Gasteiger partial charge is 0.155 e. The molecule has 1 atom stereocenters. The highest BCUT2D eigenvalue weighted by atomic mass is 32.1. The van der Waals surface area contributed by atoms with Crippen LogP contribution in [0.3, 0.4) is 0 Å². The van der Waals surface area contributed by atoms with Crippen molar-refractivity contribution >= 4 is 23.0 Å². The summed E-state index contributed by atoms with van der Waals surface area (Å²) in [6.07, 6.45) is 4.25. The molecule has 4 nitrogen and oxygen atoms in total. The van der Waals surface area contributed by atoms with E-state index in [1.54, 1.807) is 12.4 Å². The normalized spacial score (nSPS) is 12.5. The summed E-state index contributed by atoms with van der Waals surface area (Å²) in [6.45, 7) is 6.46. The van der Waals surface area contributed by atoms with Gasteiger partial charge in [-0.1, -0.05) is 33.0 Å². The zero-order valence-electron chi connectivity index (χ0n) is 9.90. The lowest BCUT2D eigenvalue weighted by Crippen LogP contribution is -2.27. The Kier molecular flexibility index (Phi) is 4.61. The second-order valence-corrected chi connectivity index (χ2v) is 4.46. The second-order valence-electron chi connectivity index (χ2n) is 4.02. The molecule has 1 unspecified atom stereocenters. The van der Waals surface area contributed by atoms with Crippen molar-refractivity contribution in [2.24, 2.45) is 11.7 Å². The van der Waals surface area contributed by atoms with Gasteiger partial charge in [0.2, 0.25) is 0 Å². The van der Waals surface area contributed by atoms with E-state index in [0.29, 0.717) is 23.5 Å². The van der Waals surface area contributed by atoms with Gasteiger partial charge in [0.25, 0.3) is 0 Å². The van der Waals surface area contributed by atoms with Crippen LogP contribution in [-0.4, -0.2) is 21.0 Å². The van der Waals surface area contributed by atoms with Crippen LogP contribution in [0.2, 0.25) is 0 Å². The van der Waals surface area contributed by atoms with Crippen LogP contribution in [0.25, 0.3) is 0 Å². The van der Waals surface area contributed by atoms with Gasteiger partial charge in [-0.25, -0.2) is 9.97 Å². The Bertz CT molecular complexity index is 365. The van der Waals surface area contributed by atoms with Gasteiger partial charge >= 0.3 is 0 Å². The van der Waals surface area contributed by atoms with Crippen molar-refractivity contribution in [3.05, 3.63) is 18.1 Å². The van der Waals surface area contributed by atoms with Crippen LogP contribution in [0.5, 0.6) is 0 Å². The average Bonchev–Trinajstić information content (AvgIpc) is 2.25. The lowest BCUT2D eigenvalue weighted by molar-refractivity contribution is 0.509. The van der Waals surface area contributed by atoms with Crippen LogP contribution in [0.1, 0.15) is 32.9 Å². The van der Waals surface area contributed by atoms with E-state index >= 15 is 0 Å². The number of thiocarbonyl (C=S) groups is 1. The van der Waals surface area contributed by atoms with E-state index in [1.165, 1.54) is 0 Å². The van der Waals surface area contributed by atoms with Gasteiger partial charge in [-0.05, 0) is 12.3 Å². The van der Waals surface area contributed by atoms with Crippen molar-refractivity contribution in [1.82, 2.24) is 9.97 Å². The van der Waals surface area contributed by atoms with Crippen molar-refractivity contribution in [3.8, 4) is 0 Å². The monoisotopic (exact) mass is 238 g/mol. The Morgan fingerprint density at radius 3 is 2.56 bits per heavy atom. The zero-order chi connectivity index (χ0) is 12.1. The zero-order valence-corrected chi connectivity index (χ0v) is 10.7. The van der Waals surface area contributed by atoms with E-state index in [-0.39, 0.29) is 4.99 Å². The molecule has 5 heteroatoms. The molecule has 88 valence electrons. The summed E-state index contributed by atoms with van der Waals surface area (Å²) in [4.78, 5) is 8.64. The minimum absolute atomic E-state index is 0.272.